The van der Waals surface area contributed by atoms with Gasteiger partial charge in [-0.2, -0.15) is 0 Å². The highest BCUT2D eigenvalue weighted by Crippen LogP contribution is 2.03. The Hall–Kier alpha value is -1.52. The summed E-state index contributed by atoms with van der Waals surface area (Å²) in [6.45, 7) is 4.26. The Balaban J connectivity index is 4.42. The van der Waals surface area contributed by atoms with E-state index in [9.17, 15) is 9.59 Å². The van der Waals surface area contributed by atoms with Gasteiger partial charge in [-0.1, -0.05) is 13.8 Å². The van der Waals surface area contributed by atoms with Gasteiger partial charge in [-0.3, -0.25) is 0 Å². The first-order chi connectivity index (χ1) is 7.67. The summed E-state index contributed by atoms with van der Waals surface area (Å²) >= 11 is 0. The van der Waals surface area contributed by atoms with Gasteiger partial charge in [0.25, 0.3) is 0 Å². The van der Waals surface area contributed by atoms with Crippen LogP contribution in [0.25, 0.3) is 0 Å². The molecule has 0 aromatic rings. The van der Waals surface area contributed by atoms with Crippen LogP contribution in [0, 0.1) is 0 Å². The van der Waals surface area contributed by atoms with Crippen LogP contribution in [-0.2, 0) is 23.8 Å². The predicted octanol–water partition coefficient (Wildman–Crippen LogP) is 1.42. The Kier molecular flexibility index (Phi) is 7.93. The van der Waals surface area contributed by atoms with E-state index in [0.29, 0.717) is 12.8 Å². The zero-order chi connectivity index (χ0) is 12.4. The molecule has 92 valence electrons. The van der Waals surface area contributed by atoms with Crippen molar-refractivity contribution in [3.05, 3.63) is 11.8 Å². The predicted molar refractivity (Wildman–Crippen MR) is 57.6 cm³/mol. The zero-order valence-corrected chi connectivity index (χ0v) is 9.95. The lowest BCUT2D eigenvalue weighted by molar-refractivity contribution is -0.147. The van der Waals surface area contributed by atoms with Gasteiger partial charge in [-0.15, -0.1) is 0 Å². The van der Waals surface area contributed by atoms with E-state index in [0.717, 1.165) is 6.26 Å². The minimum absolute atomic E-state index is 0.218. The van der Waals surface area contributed by atoms with Crippen LogP contribution in [0.2, 0.25) is 0 Å². The van der Waals surface area contributed by atoms with Crippen LogP contribution in [0.4, 0.5) is 0 Å². The van der Waals surface area contributed by atoms with Gasteiger partial charge in [0.1, 0.15) is 6.26 Å². The first-order valence-corrected chi connectivity index (χ1v) is 5.24. The molecular formula is C11H18O5. The van der Waals surface area contributed by atoms with Crippen LogP contribution in [0.5, 0.6) is 0 Å². The maximum Gasteiger partial charge on any atom is 0.348 e. The first kappa shape index (κ1) is 14.5. The number of hydrogen-bond donors (Lipinski definition) is 0. The highest BCUT2D eigenvalue weighted by molar-refractivity contribution is 6.13. The molecule has 0 spiro atoms. The number of esters is 2. The van der Waals surface area contributed by atoms with Gasteiger partial charge in [0.05, 0.1) is 20.3 Å². The minimum Gasteiger partial charge on any atom is -0.503 e. The van der Waals surface area contributed by atoms with Crippen molar-refractivity contribution in [2.75, 3.05) is 20.3 Å². The molecular weight excluding hydrogens is 212 g/mol. The van der Waals surface area contributed by atoms with Gasteiger partial charge >= 0.3 is 11.9 Å². The fourth-order valence-electron chi connectivity index (χ4n) is 0.842. The highest BCUT2D eigenvalue weighted by atomic mass is 16.6. The van der Waals surface area contributed by atoms with E-state index in [-0.39, 0.29) is 18.8 Å². The molecule has 0 rings (SSSR count). The van der Waals surface area contributed by atoms with Crippen molar-refractivity contribution >= 4 is 11.9 Å². The minimum atomic E-state index is -0.718. The molecule has 5 heteroatoms. The van der Waals surface area contributed by atoms with Crippen molar-refractivity contribution in [1.29, 1.82) is 0 Å². The summed E-state index contributed by atoms with van der Waals surface area (Å²) in [6.07, 6.45) is 2.42. The number of hydrogen-bond acceptors (Lipinski definition) is 5. The molecule has 0 saturated heterocycles. The molecule has 0 bridgehead atoms. The van der Waals surface area contributed by atoms with E-state index in [1.165, 1.54) is 7.11 Å². The van der Waals surface area contributed by atoms with Gasteiger partial charge in [-0.25, -0.2) is 9.59 Å². The Morgan fingerprint density at radius 3 is 1.75 bits per heavy atom. The lowest BCUT2D eigenvalue weighted by Gasteiger charge is -2.07. The molecule has 0 radical (unpaired) electrons. The SMILES string of the molecule is CCCOC(=O)C(=COC)C(=O)OCCC. The van der Waals surface area contributed by atoms with Crippen molar-refractivity contribution in [1.82, 2.24) is 0 Å². The van der Waals surface area contributed by atoms with Crippen molar-refractivity contribution < 1.29 is 23.8 Å². The molecule has 0 aliphatic carbocycles. The Bertz CT molecular complexity index is 235. The Morgan fingerprint density at radius 2 is 1.44 bits per heavy atom. The van der Waals surface area contributed by atoms with Crippen LogP contribution in [0.15, 0.2) is 11.8 Å². The first-order valence-electron chi connectivity index (χ1n) is 5.24. The number of methoxy groups -OCH3 is 1. The van der Waals surface area contributed by atoms with E-state index >= 15 is 0 Å². The molecule has 0 saturated carbocycles. The normalized spacial score (nSPS) is 9.19. The molecule has 0 aromatic heterocycles. The lowest BCUT2D eigenvalue weighted by Crippen LogP contribution is -2.19. The average molecular weight is 230 g/mol. The molecule has 0 amide bonds. The molecule has 0 fully saturated rings. The smallest absolute Gasteiger partial charge is 0.348 e. The number of ether oxygens (including phenoxy) is 3. The molecule has 5 nitrogen and oxygen atoms in total. The topological polar surface area (TPSA) is 61.8 Å². The van der Waals surface area contributed by atoms with Gasteiger partial charge in [0, 0.05) is 0 Å². The standard InChI is InChI=1S/C11H18O5/c1-4-6-15-10(12)9(8-14-3)11(13)16-7-5-2/h8H,4-7H2,1-3H3. The number of carbonyl (C=O) groups excluding carboxylic acids is 2. The Morgan fingerprint density at radius 1 is 1.00 bits per heavy atom. The summed E-state index contributed by atoms with van der Waals surface area (Å²) in [5.74, 6) is -1.44. The van der Waals surface area contributed by atoms with Crippen molar-refractivity contribution in [2.24, 2.45) is 0 Å². The fourth-order valence-corrected chi connectivity index (χ4v) is 0.842. The fraction of sp³-hybridized carbons (Fsp3) is 0.636. The lowest BCUT2D eigenvalue weighted by atomic mass is 10.3. The summed E-state index contributed by atoms with van der Waals surface area (Å²) in [5, 5.41) is 0. The zero-order valence-electron chi connectivity index (χ0n) is 9.95. The van der Waals surface area contributed by atoms with Gasteiger partial charge in [0.2, 0.25) is 0 Å². The molecule has 0 N–H and O–H groups in total. The van der Waals surface area contributed by atoms with E-state index in [1.807, 2.05) is 13.8 Å². The molecule has 0 heterocycles. The maximum atomic E-state index is 11.4. The average Bonchev–Trinajstić information content (AvgIpc) is 2.29. The highest BCUT2D eigenvalue weighted by Gasteiger charge is 2.21. The Labute approximate surface area is 95.4 Å². The summed E-state index contributed by atoms with van der Waals surface area (Å²) in [6, 6.07) is 0. The molecule has 0 aromatic carbocycles. The summed E-state index contributed by atoms with van der Waals surface area (Å²) < 4.78 is 14.3. The maximum absolute atomic E-state index is 11.4. The van der Waals surface area contributed by atoms with Crippen molar-refractivity contribution in [3.8, 4) is 0 Å². The van der Waals surface area contributed by atoms with Gasteiger partial charge < -0.3 is 14.2 Å². The van der Waals surface area contributed by atoms with Crippen LogP contribution in [0.3, 0.4) is 0 Å². The second-order valence-corrected chi connectivity index (χ2v) is 3.04. The molecule has 0 atom stereocenters. The van der Waals surface area contributed by atoms with E-state index < -0.39 is 11.9 Å². The van der Waals surface area contributed by atoms with Crippen LogP contribution < -0.4 is 0 Å². The second kappa shape index (κ2) is 8.76. The summed E-state index contributed by atoms with van der Waals surface area (Å²) in [4.78, 5) is 22.9. The third-order valence-corrected chi connectivity index (χ3v) is 1.55. The number of rotatable bonds is 7. The second-order valence-electron chi connectivity index (χ2n) is 3.04. The van der Waals surface area contributed by atoms with Crippen molar-refractivity contribution in [2.45, 2.75) is 26.7 Å². The van der Waals surface area contributed by atoms with E-state index in [1.54, 1.807) is 0 Å². The molecule has 0 aliphatic heterocycles. The van der Waals surface area contributed by atoms with Crippen molar-refractivity contribution in [3.63, 3.8) is 0 Å². The van der Waals surface area contributed by atoms with Gasteiger partial charge in [-0.05, 0) is 12.8 Å². The van der Waals surface area contributed by atoms with E-state index in [2.05, 4.69) is 4.74 Å². The third-order valence-electron chi connectivity index (χ3n) is 1.55. The number of carbonyl (C=O) groups is 2. The molecule has 0 aliphatic rings. The quantitative estimate of drug-likeness (QED) is 0.218. The summed E-state index contributed by atoms with van der Waals surface area (Å²) in [7, 11) is 1.35. The van der Waals surface area contributed by atoms with Crippen LogP contribution >= 0.6 is 0 Å². The third kappa shape index (κ3) is 5.38. The largest absolute Gasteiger partial charge is 0.503 e. The molecule has 16 heavy (non-hydrogen) atoms. The van der Waals surface area contributed by atoms with E-state index in [4.69, 9.17) is 9.47 Å². The molecule has 0 unspecified atom stereocenters. The van der Waals surface area contributed by atoms with Gasteiger partial charge in [0.15, 0.2) is 5.57 Å². The monoisotopic (exact) mass is 230 g/mol. The van der Waals surface area contributed by atoms with Crippen LogP contribution in [-0.4, -0.2) is 32.3 Å². The van der Waals surface area contributed by atoms with Crippen LogP contribution in [0.1, 0.15) is 26.7 Å². The summed E-state index contributed by atoms with van der Waals surface area (Å²) in [5.41, 5.74) is -0.218.